The summed E-state index contributed by atoms with van der Waals surface area (Å²) < 4.78 is 0. The van der Waals surface area contributed by atoms with Gasteiger partial charge in [0.05, 0.1) is 29.2 Å². The number of rotatable bonds is 5. The minimum Gasteiger partial charge on any atom is -0.352 e. The summed E-state index contributed by atoms with van der Waals surface area (Å²) in [6.45, 7) is 10.3. The smallest absolute Gasteiger partial charge is 0.229 e. The standard InChI is InChI=1S/C22H30N8S/c1-16-11-25-21(26-19-12-24-17(2)31-19)27-20(16)29-14-22(15-29,6-7-23)30-10-9-28-8-4-3-5-18(28)13-30/h11-12,18H,3-6,8-10,13-15H2,1-2H3,(H,25,26,27)/t18-/m0/s1. The maximum Gasteiger partial charge on any atom is 0.229 e. The fraction of sp³-hybridized carbons (Fsp3) is 0.636. The predicted octanol–water partition coefficient (Wildman–Crippen LogP) is 2.94. The number of piperidine rings is 1. The molecule has 0 radical (unpaired) electrons. The topological polar surface area (TPSA) is 84.2 Å². The van der Waals surface area contributed by atoms with Crippen molar-refractivity contribution in [1.29, 1.82) is 5.26 Å². The van der Waals surface area contributed by atoms with Gasteiger partial charge in [0, 0.05) is 50.5 Å². The van der Waals surface area contributed by atoms with Gasteiger partial charge in [-0.3, -0.25) is 9.80 Å². The van der Waals surface area contributed by atoms with Gasteiger partial charge in [0.15, 0.2) is 0 Å². The van der Waals surface area contributed by atoms with Crippen molar-refractivity contribution in [2.75, 3.05) is 49.5 Å². The molecule has 3 saturated heterocycles. The lowest BCUT2D eigenvalue weighted by Gasteiger charge is -2.59. The number of nitriles is 1. The van der Waals surface area contributed by atoms with Gasteiger partial charge in [-0.15, -0.1) is 11.3 Å². The van der Waals surface area contributed by atoms with E-state index in [1.807, 2.05) is 19.3 Å². The summed E-state index contributed by atoms with van der Waals surface area (Å²) in [5, 5.41) is 14.8. The molecule has 0 saturated carbocycles. The number of hydrogen-bond acceptors (Lipinski definition) is 9. The molecule has 164 valence electrons. The van der Waals surface area contributed by atoms with Crippen molar-refractivity contribution in [2.24, 2.45) is 0 Å². The Morgan fingerprint density at radius 3 is 2.84 bits per heavy atom. The number of hydrogen-bond donors (Lipinski definition) is 1. The van der Waals surface area contributed by atoms with Gasteiger partial charge < -0.3 is 10.2 Å². The summed E-state index contributed by atoms with van der Waals surface area (Å²) in [4.78, 5) is 21.1. The first kappa shape index (κ1) is 20.6. The van der Waals surface area contributed by atoms with Crippen LogP contribution in [0.1, 0.15) is 36.3 Å². The van der Waals surface area contributed by atoms with Gasteiger partial charge in [0.2, 0.25) is 5.95 Å². The number of nitrogens with zero attached hydrogens (tertiary/aromatic N) is 7. The number of thiazole rings is 1. The Morgan fingerprint density at radius 2 is 2.06 bits per heavy atom. The zero-order valence-corrected chi connectivity index (χ0v) is 19.2. The predicted molar refractivity (Wildman–Crippen MR) is 123 cm³/mol. The van der Waals surface area contributed by atoms with Crippen LogP contribution in [0.2, 0.25) is 0 Å². The molecular formula is C22H30N8S. The molecule has 3 aliphatic rings. The SMILES string of the molecule is Cc1ncc(Nc2ncc(C)c(N3CC(CC#N)(N4CCN5CCCC[C@H]5C4)C3)n2)s1. The first-order valence-electron chi connectivity index (χ1n) is 11.2. The maximum atomic E-state index is 9.61. The summed E-state index contributed by atoms with van der Waals surface area (Å²) in [6.07, 6.45) is 8.23. The van der Waals surface area contributed by atoms with Crippen LogP contribution in [0.5, 0.6) is 0 Å². The second-order valence-electron chi connectivity index (χ2n) is 9.12. The van der Waals surface area contributed by atoms with Crippen LogP contribution in [-0.2, 0) is 0 Å². The van der Waals surface area contributed by atoms with Crippen LogP contribution >= 0.6 is 11.3 Å². The number of aryl methyl sites for hydroxylation is 2. The average molecular weight is 439 g/mol. The van der Waals surface area contributed by atoms with Crippen molar-refractivity contribution in [3.05, 3.63) is 23.0 Å². The van der Waals surface area contributed by atoms with Crippen molar-refractivity contribution in [3.8, 4) is 6.07 Å². The van der Waals surface area contributed by atoms with E-state index >= 15 is 0 Å². The number of piperazine rings is 1. The van der Waals surface area contributed by atoms with Crippen LogP contribution in [0.25, 0.3) is 0 Å². The molecule has 5 heterocycles. The second-order valence-corrected chi connectivity index (χ2v) is 10.4. The zero-order valence-electron chi connectivity index (χ0n) is 18.3. The van der Waals surface area contributed by atoms with Crippen LogP contribution in [-0.4, -0.2) is 75.6 Å². The van der Waals surface area contributed by atoms with E-state index in [4.69, 9.17) is 4.98 Å². The summed E-state index contributed by atoms with van der Waals surface area (Å²) in [6, 6.07) is 3.14. The summed E-state index contributed by atoms with van der Waals surface area (Å²) in [7, 11) is 0. The molecule has 0 aromatic carbocycles. The quantitative estimate of drug-likeness (QED) is 0.763. The van der Waals surface area contributed by atoms with Gasteiger partial charge in [-0.25, -0.2) is 9.97 Å². The third-order valence-corrected chi connectivity index (χ3v) is 7.82. The molecule has 5 rings (SSSR count). The highest BCUT2D eigenvalue weighted by atomic mass is 32.1. The van der Waals surface area contributed by atoms with Crippen molar-refractivity contribution in [3.63, 3.8) is 0 Å². The van der Waals surface area contributed by atoms with Crippen LogP contribution in [0.4, 0.5) is 16.8 Å². The Balaban J connectivity index is 1.30. The highest BCUT2D eigenvalue weighted by Crippen LogP contribution is 2.38. The van der Waals surface area contributed by atoms with Crippen molar-refractivity contribution in [2.45, 2.75) is 51.1 Å². The Labute approximate surface area is 187 Å². The second kappa shape index (κ2) is 8.34. The van der Waals surface area contributed by atoms with Gasteiger partial charge in [-0.2, -0.15) is 10.2 Å². The monoisotopic (exact) mass is 438 g/mol. The fourth-order valence-electron chi connectivity index (χ4n) is 5.31. The Bertz CT molecular complexity index is 976. The third kappa shape index (κ3) is 4.00. The highest BCUT2D eigenvalue weighted by Gasteiger charge is 2.50. The maximum absolute atomic E-state index is 9.61. The van der Waals surface area contributed by atoms with E-state index in [0.717, 1.165) is 54.1 Å². The Kier molecular flexibility index (Phi) is 5.54. The van der Waals surface area contributed by atoms with E-state index in [-0.39, 0.29) is 5.54 Å². The van der Waals surface area contributed by atoms with Gasteiger partial charge in [0.25, 0.3) is 0 Å². The molecule has 0 spiro atoms. The van der Waals surface area contributed by atoms with E-state index in [0.29, 0.717) is 18.4 Å². The van der Waals surface area contributed by atoms with Gasteiger partial charge in [-0.05, 0) is 33.2 Å². The molecule has 31 heavy (non-hydrogen) atoms. The van der Waals surface area contributed by atoms with Crippen LogP contribution in [0.15, 0.2) is 12.4 Å². The van der Waals surface area contributed by atoms with Gasteiger partial charge >= 0.3 is 0 Å². The fourth-order valence-corrected chi connectivity index (χ4v) is 5.99. The molecule has 1 N–H and O–H groups in total. The molecule has 2 aromatic rings. The van der Waals surface area contributed by atoms with Crippen molar-refractivity contribution >= 4 is 28.1 Å². The largest absolute Gasteiger partial charge is 0.352 e. The molecule has 3 fully saturated rings. The van der Waals surface area contributed by atoms with E-state index in [1.165, 1.54) is 25.8 Å². The number of anilines is 3. The average Bonchev–Trinajstić information content (AvgIpc) is 3.16. The zero-order chi connectivity index (χ0) is 21.4. The molecule has 3 aliphatic heterocycles. The summed E-state index contributed by atoms with van der Waals surface area (Å²) >= 11 is 1.59. The third-order valence-electron chi connectivity index (χ3n) is 6.99. The van der Waals surface area contributed by atoms with E-state index in [1.54, 1.807) is 11.3 Å². The minimum atomic E-state index is -0.0575. The Morgan fingerprint density at radius 1 is 1.19 bits per heavy atom. The van der Waals surface area contributed by atoms with E-state index in [9.17, 15) is 5.26 Å². The molecule has 9 heteroatoms. The van der Waals surface area contributed by atoms with E-state index in [2.05, 4.69) is 43.0 Å². The summed E-state index contributed by atoms with van der Waals surface area (Å²) in [5.74, 6) is 1.56. The lowest BCUT2D eigenvalue weighted by atomic mass is 9.82. The molecule has 2 aromatic heterocycles. The normalized spacial score (nSPS) is 23.6. The number of nitrogens with one attached hydrogen (secondary N) is 1. The van der Waals surface area contributed by atoms with Gasteiger partial charge in [-0.1, -0.05) is 6.42 Å². The van der Waals surface area contributed by atoms with Crippen molar-refractivity contribution < 1.29 is 0 Å². The molecule has 0 bridgehead atoms. The lowest BCUT2D eigenvalue weighted by molar-refractivity contribution is -0.0249. The molecular weight excluding hydrogens is 408 g/mol. The number of aromatic nitrogens is 3. The highest BCUT2D eigenvalue weighted by molar-refractivity contribution is 7.15. The lowest BCUT2D eigenvalue weighted by Crippen LogP contribution is -2.74. The number of fused-ring (bicyclic) bond motifs is 1. The first-order chi connectivity index (χ1) is 15.1. The van der Waals surface area contributed by atoms with Crippen LogP contribution in [0, 0.1) is 25.2 Å². The first-order valence-corrected chi connectivity index (χ1v) is 12.0. The van der Waals surface area contributed by atoms with Gasteiger partial charge in [0.1, 0.15) is 10.8 Å². The molecule has 0 aliphatic carbocycles. The summed E-state index contributed by atoms with van der Waals surface area (Å²) in [5.41, 5.74) is 1.01. The molecule has 1 atom stereocenters. The van der Waals surface area contributed by atoms with Crippen molar-refractivity contribution in [1.82, 2.24) is 24.8 Å². The van der Waals surface area contributed by atoms with E-state index < -0.39 is 0 Å². The Hall–Kier alpha value is -2.28. The minimum absolute atomic E-state index is 0.0575. The van der Waals surface area contributed by atoms with Crippen LogP contribution < -0.4 is 10.2 Å². The molecule has 0 amide bonds. The molecule has 0 unspecified atom stereocenters. The van der Waals surface area contributed by atoms with Crippen LogP contribution in [0.3, 0.4) is 0 Å². The molecule has 8 nitrogen and oxygen atoms in total.